The summed E-state index contributed by atoms with van der Waals surface area (Å²) in [7, 11) is 0. The number of halogens is 1. The van der Waals surface area contributed by atoms with Gasteiger partial charge in [-0.25, -0.2) is 4.79 Å². The smallest absolute Gasteiger partial charge is 0.409 e. The van der Waals surface area contributed by atoms with Crippen molar-refractivity contribution in [2.45, 2.75) is 25.8 Å². The summed E-state index contributed by atoms with van der Waals surface area (Å²) >= 11 is 6.29. The summed E-state index contributed by atoms with van der Waals surface area (Å²) in [6.07, 6.45) is 6.27. The van der Waals surface area contributed by atoms with E-state index < -0.39 is 0 Å². The second kappa shape index (κ2) is 7.95. The predicted octanol–water partition coefficient (Wildman–Crippen LogP) is 3.51. The standard InChI is InChI=1S/C21H26ClN3O2/c1-2-27-21(26)25-12-10-24(11-13-25)20-18-8-7-17(22)14-16(18)6-5-15-4-3-9-23-19(15)20/h3-4,7-8,14,20,23H,2,5-6,9-13H2,1H3/t20-/m0/s1. The van der Waals surface area contributed by atoms with Gasteiger partial charge in [-0.15, -0.1) is 0 Å². The fraction of sp³-hybridized carbons (Fsp3) is 0.476. The van der Waals surface area contributed by atoms with Gasteiger partial charge in [-0.2, -0.15) is 0 Å². The average molecular weight is 388 g/mol. The topological polar surface area (TPSA) is 44.8 Å². The molecule has 1 aromatic rings. The lowest BCUT2D eigenvalue weighted by Crippen LogP contribution is -2.51. The minimum absolute atomic E-state index is 0.184. The van der Waals surface area contributed by atoms with Crippen LogP contribution in [0, 0.1) is 0 Å². The minimum Gasteiger partial charge on any atom is -0.450 e. The van der Waals surface area contributed by atoms with Crippen LogP contribution in [0.15, 0.2) is 41.6 Å². The quantitative estimate of drug-likeness (QED) is 0.843. The van der Waals surface area contributed by atoms with E-state index in [0.717, 1.165) is 37.5 Å². The van der Waals surface area contributed by atoms with Crippen LogP contribution in [-0.2, 0) is 11.2 Å². The number of carbonyl (C=O) groups excluding carboxylic acids is 1. The van der Waals surface area contributed by atoms with Crippen molar-refractivity contribution >= 4 is 17.7 Å². The van der Waals surface area contributed by atoms with Gasteiger partial charge in [0.2, 0.25) is 0 Å². The Bertz CT molecular complexity index is 782. The van der Waals surface area contributed by atoms with E-state index in [0.29, 0.717) is 19.7 Å². The number of dihydropyridines is 1. The zero-order valence-corrected chi connectivity index (χ0v) is 16.5. The van der Waals surface area contributed by atoms with E-state index >= 15 is 0 Å². The van der Waals surface area contributed by atoms with Crippen LogP contribution in [0.25, 0.3) is 0 Å². The number of hydrogen-bond acceptors (Lipinski definition) is 4. The molecule has 0 spiro atoms. The second-order valence-electron chi connectivity index (χ2n) is 7.19. The van der Waals surface area contributed by atoms with Gasteiger partial charge in [-0.1, -0.05) is 29.8 Å². The number of nitrogens with one attached hydrogen (secondary N) is 1. The van der Waals surface area contributed by atoms with Crippen LogP contribution in [0.4, 0.5) is 4.79 Å². The third-order valence-corrected chi connectivity index (χ3v) is 5.85. The summed E-state index contributed by atoms with van der Waals surface area (Å²) in [5.41, 5.74) is 5.34. The molecule has 1 aromatic carbocycles. The molecule has 1 N–H and O–H groups in total. The number of benzene rings is 1. The molecular formula is C21H26ClN3O2. The van der Waals surface area contributed by atoms with Crippen molar-refractivity contribution in [2.24, 2.45) is 0 Å². The van der Waals surface area contributed by atoms with E-state index in [1.54, 1.807) is 0 Å². The van der Waals surface area contributed by atoms with Crippen molar-refractivity contribution in [1.29, 1.82) is 0 Å². The predicted molar refractivity (Wildman–Crippen MR) is 107 cm³/mol. The highest BCUT2D eigenvalue weighted by Crippen LogP contribution is 2.38. The second-order valence-corrected chi connectivity index (χ2v) is 7.63. The van der Waals surface area contributed by atoms with Gasteiger partial charge in [0.1, 0.15) is 0 Å². The fourth-order valence-corrected chi connectivity index (χ4v) is 4.50. The molecule has 1 aliphatic carbocycles. The van der Waals surface area contributed by atoms with Crippen LogP contribution >= 0.6 is 11.6 Å². The van der Waals surface area contributed by atoms with Crippen molar-refractivity contribution in [2.75, 3.05) is 39.3 Å². The Labute approximate surface area is 165 Å². The number of aryl methyl sites for hydroxylation is 1. The summed E-state index contributed by atoms with van der Waals surface area (Å²) in [5.74, 6) is 0. The number of allylic oxidation sites excluding steroid dienone is 2. The number of hydrogen-bond donors (Lipinski definition) is 1. The molecule has 1 fully saturated rings. The van der Waals surface area contributed by atoms with Gasteiger partial charge >= 0.3 is 6.09 Å². The van der Waals surface area contributed by atoms with Crippen LogP contribution < -0.4 is 5.32 Å². The third kappa shape index (κ3) is 3.71. The monoisotopic (exact) mass is 387 g/mol. The molecule has 5 nitrogen and oxygen atoms in total. The van der Waals surface area contributed by atoms with Crippen LogP contribution in [0.3, 0.4) is 0 Å². The Morgan fingerprint density at radius 2 is 2.07 bits per heavy atom. The molecule has 1 amide bonds. The molecule has 6 heteroatoms. The molecule has 0 unspecified atom stereocenters. The molecule has 1 saturated heterocycles. The first kappa shape index (κ1) is 18.4. The number of piperazine rings is 1. The first-order chi connectivity index (χ1) is 13.2. The number of amides is 1. The Kier molecular flexibility index (Phi) is 5.41. The van der Waals surface area contributed by atoms with Gasteiger partial charge in [0.05, 0.1) is 12.6 Å². The van der Waals surface area contributed by atoms with E-state index in [4.69, 9.17) is 16.3 Å². The van der Waals surface area contributed by atoms with Crippen molar-refractivity contribution in [1.82, 2.24) is 15.1 Å². The highest BCUT2D eigenvalue weighted by molar-refractivity contribution is 6.30. The first-order valence-electron chi connectivity index (χ1n) is 9.75. The molecular weight excluding hydrogens is 362 g/mol. The molecule has 144 valence electrons. The molecule has 3 aliphatic rings. The fourth-order valence-electron chi connectivity index (χ4n) is 4.30. The highest BCUT2D eigenvalue weighted by Gasteiger charge is 2.34. The molecule has 0 bridgehead atoms. The Balaban J connectivity index is 1.63. The minimum atomic E-state index is -0.205. The van der Waals surface area contributed by atoms with Gasteiger partial charge in [0.25, 0.3) is 0 Å². The highest BCUT2D eigenvalue weighted by atomic mass is 35.5. The molecule has 0 saturated carbocycles. The number of nitrogens with zero attached hydrogens (tertiary/aromatic N) is 2. The number of carbonyl (C=O) groups is 1. The maximum atomic E-state index is 12.0. The third-order valence-electron chi connectivity index (χ3n) is 5.62. The summed E-state index contributed by atoms with van der Waals surface area (Å²) in [5, 5.41) is 4.43. The first-order valence-corrected chi connectivity index (χ1v) is 10.1. The van der Waals surface area contributed by atoms with E-state index in [1.165, 1.54) is 22.4 Å². The van der Waals surface area contributed by atoms with Crippen LogP contribution in [0.2, 0.25) is 5.02 Å². The van der Waals surface area contributed by atoms with E-state index in [1.807, 2.05) is 17.9 Å². The van der Waals surface area contributed by atoms with Gasteiger partial charge in [0, 0.05) is 43.4 Å². The van der Waals surface area contributed by atoms with E-state index in [-0.39, 0.29) is 12.1 Å². The molecule has 27 heavy (non-hydrogen) atoms. The largest absolute Gasteiger partial charge is 0.450 e. The van der Waals surface area contributed by atoms with Crippen molar-refractivity contribution in [3.8, 4) is 0 Å². The summed E-state index contributed by atoms with van der Waals surface area (Å²) < 4.78 is 5.16. The number of ether oxygens (including phenoxy) is 1. The Hall–Kier alpha value is -1.98. The summed E-state index contributed by atoms with van der Waals surface area (Å²) in [6.45, 7) is 6.16. The normalized spacial score (nSPS) is 22.6. The molecule has 4 rings (SSSR count). The van der Waals surface area contributed by atoms with E-state index in [9.17, 15) is 4.79 Å². The maximum Gasteiger partial charge on any atom is 0.409 e. The lowest BCUT2D eigenvalue weighted by Gasteiger charge is -2.41. The molecule has 2 aliphatic heterocycles. The van der Waals surface area contributed by atoms with Crippen molar-refractivity contribution in [3.63, 3.8) is 0 Å². The summed E-state index contributed by atoms with van der Waals surface area (Å²) in [6, 6.07) is 6.47. The number of fused-ring (bicyclic) bond motifs is 1. The average Bonchev–Trinajstić information content (AvgIpc) is 2.85. The van der Waals surface area contributed by atoms with Gasteiger partial charge in [-0.3, -0.25) is 4.90 Å². The molecule has 2 heterocycles. The zero-order chi connectivity index (χ0) is 18.8. The summed E-state index contributed by atoms with van der Waals surface area (Å²) in [4.78, 5) is 16.3. The Morgan fingerprint density at radius 1 is 1.26 bits per heavy atom. The van der Waals surface area contributed by atoms with Gasteiger partial charge in [0.15, 0.2) is 0 Å². The Morgan fingerprint density at radius 3 is 2.85 bits per heavy atom. The zero-order valence-electron chi connectivity index (χ0n) is 15.7. The lowest BCUT2D eigenvalue weighted by atomic mass is 9.95. The van der Waals surface area contributed by atoms with Crippen LogP contribution in [0.5, 0.6) is 0 Å². The van der Waals surface area contributed by atoms with Crippen LogP contribution in [0.1, 0.15) is 30.5 Å². The molecule has 0 aromatic heterocycles. The van der Waals surface area contributed by atoms with Crippen molar-refractivity contribution in [3.05, 3.63) is 57.8 Å². The number of rotatable bonds is 2. The molecule has 0 radical (unpaired) electrons. The maximum absolute atomic E-state index is 12.0. The molecule has 1 atom stereocenters. The SMILES string of the molecule is CCOC(=O)N1CCN([C@@H]2C3=C(C=CCN3)CCc3cc(Cl)ccc32)CC1. The lowest BCUT2D eigenvalue weighted by molar-refractivity contribution is 0.0700. The van der Waals surface area contributed by atoms with Crippen LogP contribution in [-0.4, -0.2) is 55.2 Å². The van der Waals surface area contributed by atoms with Crippen molar-refractivity contribution < 1.29 is 9.53 Å². The van der Waals surface area contributed by atoms with E-state index in [2.05, 4.69) is 34.5 Å². The van der Waals surface area contributed by atoms with Gasteiger partial charge in [-0.05, 0) is 48.6 Å². The van der Waals surface area contributed by atoms with Gasteiger partial charge < -0.3 is 15.0 Å².